The molecule has 3 heterocycles. The Hall–Kier alpha value is -1.11. The Labute approximate surface area is 162 Å². The van der Waals surface area contributed by atoms with Gasteiger partial charge in [-0.2, -0.15) is 0 Å². The predicted octanol–water partition coefficient (Wildman–Crippen LogP) is 2.54. The third-order valence-corrected chi connectivity index (χ3v) is 6.71. The lowest BCUT2D eigenvalue weighted by Gasteiger charge is -2.33. The number of aliphatic imine (C=N–C) groups is 1. The van der Waals surface area contributed by atoms with E-state index in [1.165, 1.54) is 57.3 Å². The molecule has 1 atom stereocenters. The second-order valence-corrected chi connectivity index (χ2v) is 8.56. The van der Waals surface area contributed by atoms with Gasteiger partial charge in [0.2, 0.25) is 0 Å². The van der Waals surface area contributed by atoms with Gasteiger partial charge in [0.1, 0.15) is 0 Å². The van der Waals surface area contributed by atoms with Gasteiger partial charge in [-0.3, -0.25) is 9.89 Å². The van der Waals surface area contributed by atoms with Gasteiger partial charge >= 0.3 is 0 Å². The summed E-state index contributed by atoms with van der Waals surface area (Å²) in [6, 6.07) is 3.04. The lowest BCUT2D eigenvalue weighted by atomic mass is 10.0. The van der Waals surface area contributed by atoms with Crippen molar-refractivity contribution in [1.82, 2.24) is 20.4 Å². The van der Waals surface area contributed by atoms with E-state index in [-0.39, 0.29) is 0 Å². The van der Waals surface area contributed by atoms with Crippen LogP contribution in [0, 0.1) is 0 Å². The van der Waals surface area contributed by atoms with Gasteiger partial charge in [0.05, 0.1) is 0 Å². The fourth-order valence-electron chi connectivity index (χ4n) is 4.03. The number of fused-ring (bicyclic) bond motifs is 1. The van der Waals surface area contributed by atoms with Crippen molar-refractivity contribution < 1.29 is 0 Å². The highest BCUT2D eigenvalue weighted by Crippen LogP contribution is 2.23. The highest BCUT2D eigenvalue weighted by molar-refractivity contribution is 7.10. The zero-order chi connectivity index (χ0) is 18.2. The van der Waals surface area contributed by atoms with Crippen LogP contribution in [0.2, 0.25) is 0 Å². The number of nitrogens with one attached hydrogen (secondary N) is 2. The van der Waals surface area contributed by atoms with Gasteiger partial charge in [0.15, 0.2) is 5.96 Å². The van der Waals surface area contributed by atoms with Gasteiger partial charge in [0, 0.05) is 57.2 Å². The van der Waals surface area contributed by atoms with E-state index in [4.69, 9.17) is 0 Å². The number of likely N-dealkylation sites (tertiary alicyclic amines) is 1. The quantitative estimate of drug-likeness (QED) is 0.435. The van der Waals surface area contributed by atoms with E-state index in [1.54, 1.807) is 4.88 Å². The van der Waals surface area contributed by atoms with Gasteiger partial charge in [-0.15, -0.1) is 11.3 Å². The van der Waals surface area contributed by atoms with Crippen LogP contribution >= 0.6 is 11.3 Å². The largest absolute Gasteiger partial charge is 0.356 e. The Bertz CT molecular complexity index is 570. The second kappa shape index (κ2) is 10.3. The number of piperidine rings is 1. The summed E-state index contributed by atoms with van der Waals surface area (Å²) in [6.45, 7) is 10.1. The van der Waals surface area contributed by atoms with Crippen molar-refractivity contribution in [2.75, 3.05) is 46.3 Å². The zero-order valence-electron chi connectivity index (χ0n) is 16.5. The number of hydrogen-bond acceptors (Lipinski definition) is 4. The van der Waals surface area contributed by atoms with Crippen LogP contribution in [0.15, 0.2) is 16.4 Å². The number of nitrogens with zero attached hydrogens (tertiary/aromatic N) is 3. The molecule has 0 aliphatic carbocycles. The minimum atomic E-state index is 0.759. The number of hydrogen-bond donors (Lipinski definition) is 2. The van der Waals surface area contributed by atoms with E-state index in [0.717, 1.165) is 38.2 Å². The minimum absolute atomic E-state index is 0.759. The minimum Gasteiger partial charge on any atom is -0.356 e. The van der Waals surface area contributed by atoms with E-state index < -0.39 is 0 Å². The molecule has 1 aromatic heterocycles. The smallest absolute Gasteiger partial charge is 0.191 e. The standard InChI is InChI=1S/C20H35N5S/c1-17-6-3-4-11-25(17)12-5-9-22-20(21-2)23-10-14-24-13-7-19-18(16-24)8-15-26-19/h8,15,17H,3-7,9-14,16H2,1-2H3,(H2,21,22,23). The fourth-order valence-corrected chi connectivity index (χ4v) is 4.92. The maximum absolute atomic E-state index is 4.36. The number of rotatable bonds is 7. The molecule has 0 amide bonds. The number of guanidine groups is 1. The van der Waals surface area contributed by atoms with E-state index in [2.05, 4.69) is 43.8 Å². The first-order chi connectivity index (χ1) is 12.8. The van der Waals surface area contributed by atoms with Crippen LogP contribution in [0.5, 0.6) is 0 Å². The average Bonchev–Trinajstić information content (AvgIpc) is 3.13. The molecule has 1 saturated heterocycles. The molecule has 0 aromatic carbocycles. The topological polar surface area (TPSA) is 42.9 Å². The summed E-state index contributed by atoms with van der Waals surface area (Å²) >= 11 is 1.91. The molecule has 0 saturated carbocycles. The SMILES string of the molecule is CN=C(NCCCN1CCCCC1C)NCCN1CCc2sccc2C1. The van der Waals surface area contributed by atoms with Crippen LogP contribution in [0.4, 0.5) is 0 Å². The van der Waals surface area contributed by atoms with Crippen LogP contribution in [-0.4, -0.2) is 68.1 Å². The molecule has 6 heteroatoms. The predicted molar refractivity (Wildman–Crippen MR) is 112 cm³/mol. The molecule has 146 valence electrons. The van der Waals surface area contributed by atoms with Crippen molar-refractivity contribution in [2.45, 2.75) is 51.6 Å². The van der Waals surface area contributed by atoms with Crippen molar-refractivity contribution in [3.8, 4) is 0 Å². The Morgan fingerprint density at radius 1 is 1.23 bits per heavy atom. The van der Waals surface area contributed by atoms with E-state index in [1.807, 2.05) is 18.4 Å². The molecule has 2 aliphatic heterocycles. The fraction of sp³-hybridized carbons (Fsp3) is 0.750. The summed E-state index contributed by atoms with van der Waals surface area (Å²) in [5, 5.41) is 9.16. The Morgan fingerprint density at radius 2 is 2.12 bits per heavy atom. The molecular formula is C20H35N5S. The van der Waals surface area contributed by atoms with Gasteiger partial charge in [0.25, 0.3) is 0 Å². The molecule has 0 spiro atoms. The van der Waals surface area contributed by atoms with Crippen molar-refractivity contribution in [2.24, 2.45) is 4.99 Å². The van der Waals surface area contributed by atoms with Crippen LogP contribution in [0.1, 0.15) is 43.0 Å². The van der Waals surface area contributed by atoms with Crippen LogP contribution < -0.4 is 10.6 Å². The maximum Gasteiger partial charge on any atom is 0.191 e. The summed E-state index contributed by atoms with van der Waals surface area (Å²) in [4.78, 5) is 11.1. The lowest BCUT2D eigenvalue weighted by molar-refractivity contribution is 0.159. The monoisotopic (exact) mass is 377 g/mol. The van der Waals surface area contributed by atoms with Crippen molar-refractivity contribution in [1.29, 1.82) is 0 Å². The van der Waals surface area contributed by atoms with E-state index in [0.29, 0.717) is 0 Å². The first-order valence-electron chi connectivity index (χ1n) is 10.2. The average molecular weight is 378 g/mol. The van der Waals surface area contributed by atoms with Crippen LogP contribution in [0.3, 0.4) is 0 Å². The lowest BCUT2D eigenvalue weighted by Crippen LogP contribution is -2.43. The molecular weight excluding hydrogens is 342 g/mol. The summed E-state index contributed by atoms with van der Waals surface area (Å²) in [5.74, 6) is 0.935. The van der Waals surface area contributed by atoms with Crippen molar-refractivity contribution in [3.63, 3.8) is 0 Å². The van der Waals surface area contributed by atoms with Gasteiger partial charge in [-0.25, -0.2) is 0 Å². The zero-order valence-corrected chi connectivity index (χ0v) is 17.3. The van der Waals surface area contributed by atoms with E-state index >= 15 is 0 Å². The molecule has 0 radical (unpaired) electrons. The highest BCUT2D eigenvalue weighted by atomic mass is 32.1. The Balaban J connectivity index is 1.28. The van der Waals surface area contributed by atoms with Gasteiger partial charge in [-0.1, -0.05) is 6.42 Å². The molecule has 26 heavy (non-hydrogen) atoms. The Kier molecular flexibility index (Phi) is 7.77. The summed E-state index contributed by atoms with van der Waals surface area (Å²) in [6.07, 6.45) is 6.51. The summed E-state index contributed by atoms with van der Waals surface area (Å²) in [5.41, 5.74) is 1.52. The Morgan fingerprint density at radius 3 is 2.96 bits per heavy atom. The van der Waals surface area contributed by atoms with Gasteiger partial charge in [-0.05, 0) is 56.2 Å². The van der Waals surface area contributed by atoms with Gasteiger partial charge < -0.3 is 15.5 Å². The highest BCUT2D eigenvalue weighted by Gasteiger charge is 2.18. The second-order valence-electron chi connectivity index (χ2n) is 7.56. The molecule has 1 aromatic rings. The molecule has 1 fully saturated rings. The first-order valence-corrected chi connectivity index (χ1v) is 11.1. The van der Waals surface area contributed by atoms with Crippen molar-refractivity contribution in [3.05, 3.63) is 21.9 Å². The molecule has 5 nitrogen and oxygen atoms in total. The molecule has 2 aliphatic rings. The third-order valence-electron chi connectivity index (χ3n) is 5.69. The molecule has 2 N–H and O–H groups in total. The van der Waals surface area contributed by atoms with Crippen LogP contribution in [-0.2, 0) is 13.0 Å². The van der Waals surface area contributed by atoms with E-state index in [9.17, 15) is 0 Å². The van der Waals surface area contributed by atoms with Crippen molar-refractivity contribution >= 4 is 17.3 Å². The normalized spacial score (nSPS) is 22.2. The molecule has 0 bridgehead atoms. The third kappa shape index (κ3) is 5.69. The maximum atomic E-state index is 4.36. The first kappa shape index (κ1) is 19.6. The number of thiophene rings is 1. The van der Waals surface area contributed by atoms with Crippen LogP contribution in [0.25, 0.3) is 0 Å². The molecule has 3 rings (SSSR count). The molecule has 1 unspecified atom stereocenters. The summed E-state index contributed by atoms with van der Waals surface area (Å²) in [7, 11) is 1.86. The summed E-state index contributed by atoms with van der Waals surface area (Å²) < 4.78 is 0.